The number of non-ortho nitro benzene ring substituents is 1. The summed E-state index contributed by atoms with van der Waals surface area (Å²) in [6, 6.07) is 26.0. The van der Waals surface area contributed by atoms with Crippen molar-refractivity contribution in [1.82, 2.24) is 15.5 Å². The van der Waals surface area contributed by atoms with Gasteiger partial charge in [0.1, 0.15) is 11.8 Å². The molecule has 46 heavy (non-hydrogen) atoms. The average Bonchev–Trinajstić information content (AvgIpc) is 3.44. The van der Waals surface area contributed by atoms with Crippen molar-refractivity contribution in [2.45, 2.75) is 31.5 Å². The van der Waals surface area contributed by atoms with Crippen LogP contribution in [-0.2, 0) is 11.3 Å². The van der Waals surface area contributed by atoms with Crippen LogP contribution < -0.4 is 15.4 Å². The summed E-state index contributed by atoms with van der Waals surface area (Å²) < 4.78 is 5.24. The molecule has 0 saturated carbocycles. The van der Waals surface area contributed by atoms with Crippen LogP contribution in [0.2, 0.25) is 5.02 Å². The van der Waals surface area contributed by atoms with Gasteiger partial charge >= 0.3 is 6.03 Å². The van der Waals surface area contributed by atoms with Crippen molar-refractivity contribution in [2.24, 2.45) is 5.92 Å². The molecule has 236 valence electrons. The lowest BCUT2D eigenvalue weighted by molar-refractivity contribution is -0.384. The Morgan fingerprint density at radius 1 is 0.870 bits per heavy atom. The summed E-state index contributed by atoms with van der Waals surface area (Å²) in [5, 5.41) is 17.8. The van der Waals surface area contributed by atoms with E-state index < -0.39 is 40.8 Å². The number of ether oxygens (including phenoxy) is 1. The Hall–Kier alpha value is -5.22. The molecule has 2 N–H and O–H groups in total. The van der Waals surface area contributed by atoms with Crippen LogP contribution in [0.4, 0.5) is 10.5 Å². The molecule has 1 aliphatic rings. The molecule has 4 unspecified atom stereocenters. The Labute approximate surface area is 271 Å². The first-order chi connectivity index (χ1) is 22.2. The van der Waals surface area contributed by atoms with Crippen LogP contribution in [0.3, 0.4) is 0 Å². The van der Waals surface area contributed by atoms with Gasteiger partial charge in [0.25, 0.3) is 5.69 Å². The fraction of sp³-hybridized carbons (Fsp3) is 0.229. The molecule has 1 saturated heterocycles. The highest BCUT2D eigenvalue weighted by Gasteiger charge is 2.57. The molecule has 1 fully saturated rings. The largest absolute Gasteiger partial charge is 0.497 e. The van der Waals surface area contributed by atoms with Crippen LogP contribution in [0.15, 0.2) is 103 Å². The van der Waals surface area contributed by atoms with Crippen LogP contribution in [0, 0.1) is 16.0 Å². The normalized spacial score (nSPS) is 18.9. The molecule has 0 aromatic heterocycles. The first kappa shape index (κ1) is 32.2. The standard InChI is InChI=1S/C35H33ClN4O6/c1-3-37-35(43)39-31(24-11-15-26(36)16-12-24)30(33(41)25-7-5-4-6-8-25)29(23-13-17-27(18-14-23)40(44)45)32(39)34(42)38-21-22-9-19-28(46-2)20-10-22/h4-20,29-32H,3,21H2,1-2H3,(H,37,43)(H,38,42). The average molecular weight is 641 g/mol. The van der Waals surface area contributed by atoms with Crippen molar-refractivity contribution in [1.29, 1.82) is 0 Å². The fourth-order valence-corrected chi connectivity index (χ4v) is 6.20. The zero-order valence-corrected chi connectivity index (χ0v) is 26.0. The summed E-state index contributed by atoms with van der Waals surface area (Å²) in [5.41, 5.74) is 2.20. The van der Waals surface area contributed by atoms with Crippen molar-refractivity contribution >= 4 is 35.0 Å². The van der Waals surface area contributed by atoms with E-state index in [1.54, 1.807) is 92.9 Å². The number of benzene rings is 4. The first-order valence-electron chi connectivity index (χ1n) is 14.8. The van der Waals surface area contributed by atoms with Gasteiger partial charge in [0.15, 0.2) is 5.78 Å². The van der Waals surface area contributed by atoms with Gasteiger partial charge in [-0.2, -0.15) is 0 Å². The van der Waals surface area contributed by atoms with Crippen LogP contribution in [0.25, 0.3) is 0 Å². The summed E-state index contributed by atoms with van der Waals surface area (Å²) in [7, 11) is 1.56. The SMILES string of the molecule is CCNC(=O)N1C(C(=O)NCc2ccc(OC)cc2)C(c2ccc([N+](=O)[O-])cc2)C(C(=O)c2ccccc2)C1c1ccc(Cl)cc1. The highest BCUT2D eigenvalue weighted by molar-refractivity contribution is 6.30. The highest BCUT2D eigenvalue weighted by atomic mass is 35.5. The van der Waals surface area contributed by atoms with Crippen molar-refractivity contribution in [3.63, 3.8) is 0 Å². The number of methoxy groups -OCH3 is 1. The molecule has 4 atom stereocenters. The van der Waals surface area contributed by atoms with Crippen molar-refractivity contribution in [3.8, 4) is 5.75 Å². The quantitative estimate of drug-likeness (QED) is 0.119. The molecule has 0 bridgehead atoms. The number of carbonyl (C=O) groups excluding carboxylic acids is 3. The number of nitrogens with one attached hydrogen (secondary N) is 2. The number of rotatable bonds is 10. The number of likely N-dealkylation sites (tertiary alicyclic amines) is 1. The molecular formula is C35H33ClN4O6. The van der Waals surface area contributed by atoms with Gasteiger partial charge in [-0.1, -0.05) is 78.3 Å². The molecule has 0 aliphatic carbocycles. The minimum absolute atomic E-state index is 0.136. The number of Topliss-reactive ketones (excluding diaryl/α,β-unsaturated/α-hetero) is 1. The predicted molar refractivity (Wildman–Crippen MR) is 174 cm³/mol. The van der Waals surface area contributed by atoms with Gasteiger partial charge in [0.2, 0.25) is 5.91 Å². The number of nitro benzene ring substituents is 1. The highest BCUT2D eigenvalue weighted by Crippen LogP contribution is 2.51. The summed E-state index contributed by atoms with van der Waals surface area (Å²) in [4.78, 5) is 55.3. The van der Waals surface area contributed by atoms with Gasteiger partial charge < -0.3 is 20.3 Å². The van der Waals surface area contributed by atoms with Gasteiger partial charge in [-0.25, -0.2) is 4.79 Å². The molecule has 5 rings (SSSR count). The molecule has 0 spiro atoms. The molecule has 0 radical (unpaired) electrons. The minimum Gasteiger partial charge on any atom is -0.497 e. The van der Waals surface area contributed by atoms with Gasteiger partial charge in [-0.05, 0) is 47.9 Å². The van der Waals surface area contributed by atoms with Crippen LogP contribution in [0.1, 0.15) is 45.9 Å². The van der Waals surface area contributed by atoms with Gasteiger partial charge in [0.05, 0.1) is 24.0 Å². The minimum atomic E-state index is -1.16. The van der Waals surface area contributed by atoms with E-state index >= 15 is 0 Å². The van der Waals surface area contributed by atoms with E-state index in [1.165, 1.54) is 17.0 Å². The van der Waals surface area contributed by atoms with Crippen LogP contribution in [-0.4, -0.2) is 47.2 Å². The molecule has 1 aliphatic heterocycles. The summed E-state index contributed by atoms with van der Waals surface area (Å²) in [5.74, 6) is -1.90. The predicted octanol–water partition coefficient (Wildman–Crippen LogP) is 6.31. The summed E-state index contributed by atoms with van der Waals surface area (Å²) in [6.07, 6.45) is 0. The maximum atomic E-state index is 14.6. The third-order valence-corrected chi connectivity index (χ3v) is 8.44. The van der Waals surface area contributed by atoms with E-state index in [1.807, 2.05) is 12.1 Å². The lowest BCUT2D eigenvalue weighted by Gasteiger charge is -2.31. The Balaban J connectivity index is 1.68. The smallest absolute Gasteiger partial charge is 0.318 e. The molecular weight excluding hydrogens is 608 g/mol. The van der Waals surface area contributed by atoms with E-state index in [2.05, 4.69) is 10.6 Å². The van der Waals surface area contributed by atoms with Crippen molar-refractivity contribution < 1.29 is 24.0 Å². The summed E-state index contributed by atoms with van der Waals surface area (Å²) >= 11 is 6.24. The number of hydrogen-bond donors (Lipinski definition) is 2. The topological polar surface area (TPSA) is 131 Å². The number of amides is 3. The second kappa shape index (κ2) is 14.3. The zero-order valence-electron chi connectivity index (χ0n) is 25.3. The molecule has 11 heteroatoms. The number of ketones is 1. The lowest BCUT2D eigenvalue weighted by Crippen LogP contribution is -2.51. The number of nitro groups is 1. The third-order valence-electron chi connectivity index (χ3n) is 8.18. The van der Waals surface area contributed by atoms with Crippen LogP contribution >= 0.6 is 11.6 Å². The first-order valence-corrected chi connectivity index (χ1v) is 15.2. The Bertz CT molecular complexity index is 1700. The number of nitrogens with zero attached hydrogens (tertiary/aromatic N) is 2. The van der Waals surface area contributed by atoms with Crippen molar-refractivity contribution in [3.05, 3.63) is 141 Å². The molecule has 1 heterocycles. The van der Waals surface area contributed by atoms with E-state index in [-0.39, 0.29) is 24.6 Å². The number of urea groups is 1. The van der Waals surface area contributed by atoms with Crippen molar-refractivity contribution in [2.75, 3.05) is 13.7 Å². The summed E-state index contributed by atoms with van der Waals surface area (Å²) in [6.45, 7) is 2.20. The van der Waals surface area contributed by atoms with Gasteiger partial charge in [0, 0.05) is 41.7 Å². The third kappa shape index (κ3) is 6.72. The van der Waals surface area contributed by atoms with Gasteiger partial charge in [-0.3, -0.25) is 19.7 Å². The second-order valence-corrected chi connectivity index (χ2v) is 11.3. The van der Waals surface area contributed by atoms with E-state index in [4.69, 9.17) is 16.3 Å². The number of halogens is 1. The zero-order chi connectivity index (χ0) is 32.8. The fourth-order valence-electron chi connectivity index (χ4n) is 6.07. The number of carbonyl (C=O) groups is 3. The second-order valence-electron chi connectivity index (χ2n) is 10.9. The maximum absolute atomic E-state index is 14.6. The molecule has 4 aromatic rings. The van der Waals surface area contributed by atoms with E-state index in [0.717, 1.165) is 5.56 Å². The van der Waals surface area contributed by atoms with E-state index in [0.29, 0.717) is 27.5 Å². The Morgan fingerprint density at radius 2 is 1.50 bits per heavy atom. The monoisotopic (exact) mass is 640 g/mol. The molecule has 10 nitrogen and oxygen atoms in total. The Morgan fingerprint density at radius 3 is 2.09 bits per heavy atom. The Kier molecular flexibility index (Phi) is 9.97. The maximum Gasteiger partial charge on any atom is 0.318 e. The number of hydrogen-bond acceptors (Lipinski definition) is 6. The molecule has 3 amide bonds. The van der Waals surface area contributed by atoms with E-state index in [9.17, 15) is 24.5 Å². The lowest BCUT2D eigenvalue weighted by atomic mass is 9.76. The van der Waals surface area contributed by atoms with Gasteiger partial charge in [-0.15, -0.1) is 0 Å². The molecule has 4 aromatic carbocycles. The van der Waals surface area contributed by atoms with Crippen LogP contribution in [0.5, 0.6) is 5.75 Å².